The van der Waals surface area contributed by atoms with Crippen molar-refractivity contribution in [1.82, 2.24) is 14.7 Å². The van der Waals surface area contributed by atoms with E-state index in [0.29, 0.717) is 6.54 Å². The molecule has 0 fully saturated rings. The molecular weight excluding hydrogens is 306 g/mol. The highest BCUT2D eigenvalue weighted by Crippen LogP contribution is 2.19. The van der Waals surface area contributed by atoms with Crippen molar-refractivity contribution in [2.75, 3.05) is 13.1 Å². The topological polar surface area (TPSA) is 75.4 Å². The summed E-state index contributed by atoms with van der Waals surface area (Å²) in [5, 5.41) is 13.3. The molecular formula is C18H23N3O3. The number of likely N-dealkylation sites (N-methyl/N-ethyl adjacent to an activating group) is 1. The SMILES string of the molecule is CCN(CCC(=O)O)C(=O)Cc1c(C)nn(-c2ccccc2)c1C. The maximum Gasteiger partial charge on any atom is 0.305 e. The molecule has 1 amide bonds. The fourth-order valence-corrected chi connectivity index (χ4v) is 2.70. The van der Waals surface area contributed by atoms with Gasteiger partial charge in [0.25, 0.3) is 0 Å². The van der Waals surface area contributed by atoms with E-state index in [1.54, 1.807) is 4.90 Å². The Morgan fingerprint density at radius 2 is 1.88 bits per heavy atom. The molecule has 0 bridgehead atoms. The van der Waals surface area contributed by atoms with Crippen LogP contribution in [0.1, 0.15) is 30.3 Å². The zero-order valence-electron chi connectivity index (χ0n) is 14.3. The lowest BCUT2D eigenvalue weighted by molar-refractivity contribution is -0.138. The summed E-state index contributed by atoms with van der Waals surface area (Å²) in [4.78, 5) is 24.8. The van der Waals surface area contributed by atoms with Crippen LogP contribution in [-0.2, 0) is 16.0 Å². The first-order valence-corrected chi connectivity index (χ1v) is 8.04. The van der Waals surface area contributed by atoms with E-state index >= 15 is 0 Å². The fourth-order valence-electron chi connectivity index (χ4n) is 2.70. The standard InChI is InChI=1S/C18H23N3O3/c1-4-20(11-10-18(23)24)17(22)12-16-13(2)19-21(14(16)3)15-8-6-5-7-9-15/h5-9H,4,10-12H2,1-3H3,(H,23,24). The average molecular weight is 329 g/mol. The molecule has 24 heavy (non-hydrogen) atoms. The van der Waals surface area contributed by atoms with Gasteiger partial charge in [0.15, 0.2) is 0 Å². The van der Waals surface area contributed by atoms with E-state index < -0.39 is 5.97 Å². The van der Waals surface area contributed by atoms with Crippen molar-refractivity contribution in [3.05, 3.63) is 47.3 Å². The smallest absolute Gasteiger partial charge is 0.305 e. The zero-order valence-corrected chi connectivity index (χ0v) is 14.3. The van der Waals surface area contributed by atoms with Crippen LogP contribution in [0.15, 0.2) is 30.3 Å². The summed E-state index contributed by atoms with van der Waals surface area (Å²) < 4.78 is 1.84. The first-order chi connectivity index (χ1) is 11.4. The minimum Gasteiger partial charge on any atom is -0.481 e. The maximum absolute atomic E-state index is 12.5. The van der Waals surface area contributed by atoms with E-state index in [2.05, 4.69) is 5.10 Å². The molecule has 2 rings (SSSR count). The minimum atomic E-state index is -0.898. The Kier molecular flexibility index (Phi) is 5.73. The van der Waals surface area contributed by atoms with Crippen molar-refractivity contribution < 1.29 is 14.7 Å². The lowest BCUT2D eigenvalue weighted by atomic mass is 10.1. The maximum atomic E-state index is 12.5. The predicted octanol–water partition coefficient (Wildman–Crippen LogP) is 2.35. The fraction of sp³-hybridized carbons (Fsp3) is 0.389. The van der Waals surface area contributed by atoms with Gasteiger partial charge in [-0.15, -0.1) is 0 Å². The molecule has 1 aromatic carbocycles. The van der Waals surface area contributed by atoms with Crippen molar-refractivity contribution in [3.63, 3.8) is 0 Å². The summed E-state index contributed by atoms with van der Waals surface area (Å²) in [5.41, 5.74) is 3.60. The molecule has 1 aromatic heterocycles. The van der Waals surface area contributed by atoms with E-state index in [9.17, 15) is 9.59 Å². The lowest BCUT2D eigenvalue weighted by Gasteiger charge is -2.20. The Hall–Kier alpha value is -2.63. The Morgan fingerprint density at radius 1 is 1.21 bits per heavy atom. The van der Waals surface area contributed by atoms with Crippen molar-refractivity contribution >= 4 is 11.9 Å². The van der Waals surface area contributed by atoms with Crippen LogP contribution >= 0.6 is 0 Å². The number of aryl methyl sites for hydroxylation is 1. The number of hydrogen-bond donors (Lipinski definition) is 1. The lowest BCUT2D eigenvalue weighted by Crippen LogP contribution is -2.34. The van der Waals surface area contributed by atoms with Gasteiger partial charge in [-0.3, -0.25) is 9.59 Å². The number of benzene rings is 1. The highest BCUT2D eigenvalue weighted by atomic mass is 16.4. The first kappa shape index (κ1) is 17.7. The van der Waals surface area contributed by atoms with E-state index in [1.807, 2.05) is 55.8 Å². The van der Waals surface area contributed by atoms with Gasteiger partial charge in [-0.05, 0) is 32.9 Å². The molecule has 2 aromatic rings. The Labute approximate surface area is 141 Å². The molecule has 0 saturated carbocycles. The largest absolute Gasteiger partial charge is 0.481 e. The van der Waals surface area contributed by atoms with Crippen molar-refractivity contribution in [3.8, 4) is 5.69 Å². The van der Waals surface area contributed by atoms with Gasteiger partial charge >= 0.3 is 5.97 Å². The van der Waals surface area contributed by atoms with Gasteiger partial charge in [0.05, 0.1) is 24.2 Å². The van der Waals surface area contributed by atoms with Crippen molar-refractivity contribution in [2.24, 2.45) is 0 Å². The van der Waals surface area contributed by atoms with Gasteiger partial charge in [-0.25, -0.2) is 4.68 Å². The number of hydrogen-bond acceptors (Lipinski definition) is 3. The highest BCUT2D eigenvalue weighted by Gasteiger charge is 2.19. The zero-order chi connectivity index (χ0) is 17.7. The number of aromatic nitrogens is 2. The molecule has 1 heterocycles. The summed E-state index contributed by atoms with van der Waals surface area (Å²) in [6, 6.07) is 9.77. The molecule has 128 valence electrons. The van der Waals surface area contributed by atoms with E-state index in [-0.39, 0.29) is 25.3 Å². The number of para-hydroxylation sites is 1. The monoisotopic (exact) mass is 329 g/mol. The third-order valence-corrected chi connectivity index (χ3v) is 4.10. The second-order valence-electron chi connectivity index (χ2n) is 5.69. The van der Waals surface area contributed by atoms with Crippen LogP contribution < -0.4 is 0 Å². The van der Waals surface area contributed by atoms with Gasteiger partial charge in [-0.2, -0.15) is 5.10 Å². The number of aliphatic carboxylic acids is 1. The molecule has 1 N–H and O–H groups in total. The molecule has 6 nitrogen and oxygen atoms in total. The van der Waals surface area contributed by atoms with Gasteiger partial charge in [0, 0.05) is 24.3 Å². The van der Waals surface area contributed by atoms with Crippen molar-refractivity contribution in [2.45, 2.75) is 33.6 Å². The molecule has 0 saturated heterocycles. The minimum absolute atomic E-state index is 0.0409. The van der Waals surface area contributed by atoms with Crippen LogP contribution in [0.3, 0.4) is 0 Å². The first-order valence-electron chi connectivity index (χ1n) is 8.04. The molecule has 0 aliphatic rings. The van der Waals surface area contributed by atoms with Crippen LogP contribution in [0.25, 0.3) is 5.69 Å². The van der Waals surface area contributed by atoms with Crippen LogP contribution in [0.5, 0.6) is 0 Å². The second-order valence-corrected chi connectivity index (χ2v) is 5.69. The number of rotatable bonds is 7. The number of amides is 1. The number of carbonyl (C=O) groups excluding carboxylic acids is 1. The van der Waals surface area contributed by atoms with E-state index in [1.165, 1.54) is 0 Å². The average Bonchev–Trinajstić information content (AvgIpc) is 2.84. The molecule has 0 unspecified atom stereocenters. The van der Waals surface area contributed by atoms with Crippen molar-refractivity contribution in [1.29, 1.82) is 0 Å². The number of carboxylic acids is 1. The summed E-state index contributed by atoms with van der Waals surface area (Å²) in [6.07, 6.45) is 0.193. The number of carbonyl (C=O) groups is 2. The third-order valence-electron chi connectivity index (χ3n) is 4.10. The van der Waals surface area contributed by atoms with Crippen LogP contribution in [-0.4, -0.2) is 44.8 Å². The van der Waals surface area contributed by atoms with Gasteiger partial charge in [0.1, 0.15) is 0 Å². The normalized spacial score (nSPS) is 10.6. The molecule has 0 aliphatic heterocycles. The van der Waals surface area contributed by atoms with Gasteiger partial charge in [-0.1, -0.05) is 18.2 Å². The molecule has 6 heteroatoms. The quantitative estimate of drug-likeness (QED) is 0.846. The summed E-state index contributed by atoms with van der Waals surface area (Å²) in [7, 11) is 0. The summed E-state index contributed by atoms with van der Waals surface area (Å²) in [5.74, 6) is -0.969. The summed E-state index contributed by atoms with van der Waals surface area (Å²) >= 11 is 0. The summed E-state index contributed by atoms with van der Waals surface area (Å²) in [6.45, 7) is 6.42. The Bertz CT molecular complexity index is 723. The molecule has 0 spiro atoms. The van der Waals surface area contributed by atoms with Crippen LogP contribution in [0.4, 0.5) is 0 Å². The number of nitrogens with zero attached hydrogens (tertiary/aromatic N) is 3. The third kappa shape index (κ3) is 4.01. The number of carboxylic acid groups (broad SMARTS) is 1. The molecule has 0 atom stereocenters. The predicted molar refractivity (Wildman–Crippen MR) is 91.2 cm³/mol. The molecule has 0 aliphatic carbocycles. The highest BCUT2D eigenvalue weighted by molar-refractivity contribution is 5.80. The Morgan fingerprint density at radius 3 is 2.46 bits per heavy atom. The van der Waals surface area contributed by atoms with Crippen LogP contribution in [0, 0.1) is 13.8 Å². The van der Waals surface area contributed by atoms with E-state index in [4.69, 9.17) is 5.11 Å². The van der Waals surface area contributed by atoms with Crippen LogP contribution in [0.2, 0.25) is 0 Å². The van der Waals surface area contributed by atoms with E-state index in [0.717, 1.165) is 22.6 Å². The molecule has 0 radical (unpaired) electrons. The second kappa shape index (κ2) is 7.77. The van der Waals surface area contributed by atoms with Gasteiger partial charge in [0.2, 0.25) is 5.91 Å². The van der Waals surface area contributed by atoms with Gasteiger partial charge < -0.3 is 10.0 Å². The Balaban J connectivity index is 2.19.